The summed E-state index contributed by atoms with van der Waals surface area (Å²) in [5.41, 5.74) is 0.574. The van der Waals surface area contributed by atoms with Gasteiger partial charge in [-0.15, -0.1) is 0 Å². The van der Waals surface area contributed by atoms with Gasteiger partial charge in [-0.05, 0) is 51.3 Å². The lowest BCUT2D eigenvalue weighted by atomic mass is 9.83. The van der Waals surface area contributed by atoms with E-state index in [0.717, 1.165) is 10.5 Å². The highest BCUT2D eigenvalue weighted by atomic mass is 16.5. The number of ether oxygens (including phenoxy) is 2. The number of nitrogens with zero attached hydrogens (tertiary/aromatic N) is 4. The fourth-order valence-corrected chi connectivity index (χ4v) is 4.74. The summed E-state index contributed by atoms with van der Waals surface area (Å²) in [7, 11) is 3.12. The molecule has 0 aromatic heterocycles. The highest BCUT2D eigenvalue weighted by Crippen LogP contribution is 2.37. The molecular weight excluding hydrogens is 440 g/mol. The summed E-state index contributed by atoms with van der Waals surface area (Å²) in [5, 5.41) is 6.23. The molecule has 3 heterocycles. The zero-order valence-corrected chi connectivity index (χ0v) is 20.0. The molecule has 1 aromatic rings. The molecule has 4 amide bonds. The van der Waals surface area contributed by atoms with Crippen molar-refractivity contribution in [3.8, 4) is 11.5 Å². The van der Waals surface area contributed by atoms with Crippen LogP contribution in [-0.2, 0) is 19.2 Å². The Morgan fingerprint density at radius 3 is 2.26 bits per heavy atom. The van der Waals surface area contributed by atoms with Crippen LogP contribution >= 0.6 is 0 Å². The van der Waals surface area contributed by atoms with Crippen LogP contribution in [0, 0.1) is 5.41 Å². The maximum Gasteiger partial charge on any atom is 0.318 e. The maximum atomic E-state index is 13.3. The number of hydrogen-bond acceptors (Lipinski definition) is 7. The molecule has 0 saturated carbocycles. The standard InChI is InChI=1S/C24H30N4O6/c1-24(2)20(15-7-8-17(33-3)18(14-15)34-4)25-28(23(24)32)16-9-12-26(13-10-16)21(30)22(31)27-11-5-6-19(27)29/h7-8,14,16H,5-6,9-13H2,1-4H3. The highest BCUT2D eigenvalue weighted by Gasteiger charge is 2.47. The Kier molecular flexibility index (Phi) is 6.33. The molecule has 4 rings (SSSR count). The van der Waals surface area contributed by atoms with Crippen LogP contribution < -0.4 is 9.47 Å². The van der Waals surface area contributed by atoms with Gasteiger partial charge < -0.3 is 14.4 Å². The van der Waals surface area contributed by atoms with Crippen molar-refractivity contribution >= 4 is 29.3 Å². The number of imide groups is 1. The first-order valence-electron chi connectivity index (χ1n) is 11.5. The Morgan fingerprint density at radius 2 is 1.68 bits per heavy atom. The lowest BCUT2D eigenvalue weighted by Gasteiger charge is -2.35. The van der Waals surface area contributed by atoms with Crippen LogP contribution in [0.25, 0.3) is 0 Å². The topological polar surface area (TPSA) is 109 Å². The normalized spacial score (nSPS) is 20.6. The average Bonchev–Trinajstić information content (AvgIpc) is 3.38. The molecule has 2 saturated heterocycles. The van der Waals surface area contributed by atoms with Gasteiger partial charge in [0.1, 0.15) is 0 Å². The summed E-state index contributed by atoms with van der Waals surface area (Å²) in [5.74, 6) is -0.675. The molecule has 0 spiro atoms. The Labute approximate surface area is 198 Å². The van der Waals surface area contributed by atoms with Crippen molar-refractivity contribution in [1.29, 1.82) is 0 Å². The second-order valence-electron chi connectivity index (χ2n) is 9.27. The summed E-state index contributed by atoms with van der Waals surface area (Å²) in [6, 6.07) is 5.26. The molecule has 0 aliphatic carbocycles. The van der Waals surface area contributed by atoms with Crippen molar-refractivity contribution in [2.24, 2.45) is 10.5 Å². The summed E-state index contributed by atoms with van der Waals surface area (Å²) in [6.07, 6.45) is 1.89. The fraction of sp³-hybridized carbons (Fsp3) is 0.542. The molecule has 0 bridgehead atoms. The van der Waals surface area contributed by atoms with Crippen LogP contribution in [0.1, 0.15) is 45.1 Å². The van der Waals surface area contributed by atoms with Gasteiger partial charge in [-0.3, -0.25) is 24.1 Å². The Morgan fingerprint density at radius 1 is 1.00 bits per heavy atom. The summed E-state index contributed by atoms with van der Waals surface area (Å²) >= 11 is 0. The van der Waals surface area contributed by atoms with E-state index in [1.54, 1.807) is 20.3 Å². The number of hydrazone groups is 1. The smallest absolute Gasteiger partial charge is 0.318 e. The van der Waals surface area contributed by atoms with Gasteiger partial charge in [0.15, 0.2) is 11.5 Å². The number of piperidine rings is 1. The van der Waals surface area contributed by atoms with Crippen molar-refractivity contribution < 1.29 is 28.7 Å². The summed E-state index contributed by atoms with van der Waals surface area (Å²) < 4.78 is 10.7. The molecule has 10 nitrogen and oxygen atoms in total. The predicted octanol–water partition coefficient (Wildman–Crippen LogP) is 1.42. The monoisotopic (exact) mass is 470 g/mol. The average molecular weight is 471 g/mol. The van der Waals surface area contributed by atoms with Crippen LogP contribution in [0.4, 0.5) is 0 Å². The maximum absolute atomic E-state index is 13.3. The van der Waals surface area contributed by atoms with Gasteiger partial charge >= 0.3 is 11.8 Å². The van der Waals surface area contributed by atoms with E-state index >= 15 is 0 Å². The van der Waals surface area contributed by atoms with E-state index in [-0.39, 0.29) is 17.9 Å². The highest BCUT2D eigenvalue weighted by molar-refractivity contribution is 6.37. The Balaban J connectivity index is 1.47. The molecule has 0 radical (unpaired) electrons. The van der Waals surface area contributed by atoms with E-state index in [1.807, 2.05) is 26.0 Å². The minimum Gasteiger partial charge on any atom is -0.493 e. The lowest BCUT2D eigenvalue weighted by molar-refractivity contribution is -0.156. The number of rotatable bonds is 4. The number of methoxy groups -OCH3 is 2. The number of carbonyl (C=O) groups excluding carboxylic acids is 4. The Bertz CT molecular complexity index is 1060. The summed E-state index contributed by atoms with van der Waals surface area (Å²) in [4.78, 5) is 52.7. The second-order valence-corrected chi connectivity index (χ2v) is 9.27. The molecule has 3 aliphatic rings. The number of benzene rings is 1. The molecule has 0 unspecified atom stereocenters. The van der Waals surface area contributed by atoms with E-state index in [2.05, 4.69) is 0 Å². The summed E-state index contributed by atoms with van der Waals surface area (Å²) in [6.45, 7) is 4.63. The number of carbonyl (C=O) groups is 4. The van der Waals surface area contributed by atoms with Crippen LogP contribution in [0.15, 0.2) is 23.3 Å². The first-order valence-corrected chi connectivity index (χ1v) is 11.5. The van der Waals surface area contributed by atoms with Gasteiger partial charge in [0.05, 0.1) is 31.4 Å². The molecule has 0 atom stereocenters. The van der Waals surface area contributed by atoms with E-state index in [4.69, 9.17) is 14.6 Å². The van der Waals surface area contributed by atoms with Gasteiger partial charge in [-0.25, -0.2) is 5.01 Å². The van der Waals surface area contributed by atoms with Crippen LogP contribution in [0.2, 0.25) is 0 Å². The third-order valence-electron chi connectivity index (χ3n) is 6.80. The van der Waals surface area contributed by atoms with E-state index in [1.165, 1.54) is 9.91 Å². The molecule has 34 heavy (non-hydrogen) atoms. The van der Waals surface area contributed by atoms with E-state index in [9.17, 15) is 19.2 Å². The minimum absolute atomic E-state index is 0.110. The lowest BCUT2D eigenvalue weighted by Crippen LogP contribution is -2.51. The third-order valence-corrected chi connectivity index (χ3v) is 6.80. The van der Waals surface area contributed by atoms with E-state index < -0.39 is 17.2 Å². The largest absolute Gasteiger partial charge is 0.493 e. The molecule has 10 heteroatoms. The molecule has 3 aliphatic heterocycles. The van der Waals surface area contributed by atoms with Gasteiger partial charge in [0.2, 0.25) is 5.91 Å². The molecule has 2 fully saturated rings. The van der Waals surface area contributed by atoms with Crippen molar-refractivity contribution in [2.75, 3.05) is 33.9 Å². The predicted molar refractivity (Wildman–Crippen MR) is 122 cm³/mol. The second kappa shape index (κ2) is 9.08. The van der Waals surface area contributed by atoms with Crippen molar-refractivity contribution in [1.82, 2.24) is 14.8 Å². The fourth-order valence-electron chi connectivity index (χ4n) is 4.74. The number of hydrogen-bond donors (Lipinski definition) is 0. The SMILES string of the molecule is COc1ccc(C2=NN(C3CCN(C(=O)C(=O)N4CCCC4=O)CC3)C(=O)C2(C)C)cc1OC. The first-order chi connectivity index (χ1) is 16.2. The van der Waals surface area contributed by atoms with Gasteiger partial charge in [0, 0.05) is 31.6 Å². The molecule has 0 N–H and O–H groups in total. The molecule has 182 valence electrons. The molecular formula is C24H30N4O6. The van der Waals surface area contributed by atoms with Gasteiger partial charge in [0.25, 0.3) is 5.91 Å². The Hall–Kier alpha value is -3.43. The van der Waals surface area contributed by atoms with Crippen LogP contribution in [0.5, 0.6) is 11.5 Å². The molecule has 1 aromatic carbocycles. The third kappa shape index (κ3) is 4.01. The zero-order valence-electron chi connectivity index (χ0n) is 20.0. The first kappa shape index (κ1) is 23.7. The minimum atomic E-state index is -0.835. The van der Waals surface area contributed by atoms with Gasteiger partial charge in [-0.1, -0.05) is 0 Å². The van der Waals surface area contributed by atoms with Crippen molar-refractivity contribution in [2.45, 2.75) is 45.6 Å². The van der Waals surface area contributed by atoms with E-state index in [0.29, 0.717) is 62.5 Å². The number of amides is 4. The van der Waals surface area contributed by atoms with Gasteiger partial charge in [-0.2, -0.15) is 5.10 Å². The van der Waals surface area contributed by atoms with Crippen LogP contribution in [-0.4, -0.2) is 84.0 Å². The van der Waals surface area contributed by atoms with Crippen molar-refractivity contribution in [3.63, 3.8) is 0 Å². The van der Waals surface area contributed by atoms with Crippen molar-refractivity contribution in [3.05, 3.63) is 23.8 Å². The number of likely N-dealkylation sites (tertiary alicyclic amines) is 2. The zero-order chi connectivity index (χ0) is 24.6. The van der Waals surface area contributed by atoms with Crippen LogP contribution in [0.3, 0.4) is 0 Å². The quantitative estimate of drug-likeness (QED) is 0.616.